The minimum atomic E-state index is -1.25. The molecule has 0 aliphatic carbocycles. The predicted octanol–water partition coefficient (Wildman–Crippen LogP) is 6.03. The lowest BCUT2D eigenvalue weighted by Crippen LogP contribution is -2.46. The number of benzene rings is 2. The summed E-state index contributed by atoms with van der Waals surface area (Å²) in [5, 5.41) is 14.2. The Labute approximate surface area is 240 Å². The van der Waals surface area contributed by atoms with Crippen molar-refractivity contribution in [2.24, 2.45) is 0 Å². The van der Waals surface area contributed by atoms with Crippen molar-refractivity contribution in [3.05, 3.63) is 81.4 Å². The van der Waals surface area contributed by atoms with E-state index in [0.717, 1.165) is 18.9 Å². The van der Waals surface area contributed by atoms with Crippen molar-refractivity contribution in [1.29, 1.82) is 0 Å². The first-order valence-corrected chi connectivity index (χ1v) is 13.9. The molecule has 0 saturated carbocycles. The van der Waals surface area contributed by atoms with Gasteiger partial charge in [0.15, 0.2) is 11.6 Å². The minimum Gasteiger partial charge on any atom is -0.478 e. The number of nitrogens with zero attached hydrogens (tertiary/aromatic N) is 4. The Hall–Kier alpha value is -3.57. The topological polar surface area (TPSA) is 87.9 Å². The van der Waals surface area contributed by atoms with Gasteiger partial charge in [-0.2, -0.15) is 5.10 Å². The average molecular weight is 591 g/mol. The summed E-state index contributed by atoms with van der Waals surface area (Å²) in [6, 6.07) is 7.48. The van der Waals surface area contributed by atoms with Crippen LogP contribution in [0, 0.1) is 17.5 Å². The third-order valence-electron chi connectivity index (χ3n) is 7.78. The standard InChI is InChI=1S/C29H30ClF3N4O4/c1-2-3-10-37-26(30)21(25(34-37)14-19-13-23(32)24(33)15-22(19)31)16-35-11-8-29(9-12-35)17-36(28(40)41-29)20-6-4-18(5-7-20)27(38)39/h4-7,13,15H,2-3,8-12,14,16-17H2,1H3,(H,38,39). The fourth-order valence-electron chi connectivity index (χ4n) is 5.37. The van der Waals surface area contributed by atoms with E-state index in [2.05, 4.69) is 10.00 Å². The number of carboxylic acid groups (broad SMARTS) is 1. The van der Waals surface area contributed by atoms with Crippen LogP contribution in [0.4, 0.5) is 23.7 Å². The molecular weight excluding hydrogens is 561 g/mol. The molecule has 2 aliphatic rings. The first-order valence-electron chi connectivity index (χ1n) is 13.5. The molecular formula is C29H30ClF3N4O4. The molecule has 2 aliphatic heterocycles. The molecule has 1 spiro atoms. The highest BCUT2D eigenvalue weighted by Crippen LogP contribution is 2.37. The van der Waals surface area contributed by atoms with Crippen LogP contribution >= 0.6 is 11.6 Å². The Balaban J connectivity index is 1.29. The second-order valence-electron chi connectivity index (χ2n) is 10.6. The fourth-order valence-corrected chi connectivity index (χ4v) is 5.66. The van der Waals surface area contributed by atoms with E-state index in [9.17, 15) is 22.8 Å². The molecule has 0 radical (unpaired) electrons. The van der Waals surface area contributed by atoms with E-state index < -0.39 is 35.1 Å². The molecule has 0 atom stereocenters. The molecule has 2 aromatic carbocycles. The monoisotopic (exact) mass is 590 g/mol. The summed E-state index contributed by atoms with van der Waals surface area (Å²) in [4.78, 5) is 27.6. The number of carboxylic acids is 1. The summed E-state index contributed by atoms with van der Waals surface area (Å²) in [6.45, 7) is 4.56. The lowest BCUT2D eigenvalue weighted by Gasteiger charge is -2.37. The normalized spacial score (nSPS) is 16.9. The van der Waals surface area contributed by atoms with Crippen molar-refractivity contribution < 1.29 is 32.6 Å². The van der Waals surface area contributed by atoms with Crippen LogP contribution in [0.2, 0.25) is 5.15 Å². The number of carbonyl (C=O) groups excluding carboxylic acids is 1. The van der Waals surface area contributed by atoms with E-state index in [0.29, 0.717) is 73.7 Å². The zero-order valence-electron chi connectivity index (χ0n) is 22.5. The number of piperidine rings is 1. The molecule has 3 heterocycles. The lowest BCUT2D eigenvalue weighted by molar-refractivity contribution is -0.00102. The van der Waals surface area contributed by atoms with Gasteiger partial charge in [0, 0.05) is 62.8 Å². The number of aromatic nitrogens is 2. The van der Waals surface area contributed by atoms with Crippen molar-refractivity contribution in [2.75, 3.05) is 24.5 Å². The molecule has 0 unspecified atom stereocenters. The summed E-state index contributed by atoms with van der Waals surface area (Å²) >= 11 is 6.74. The van der Waals surface area contributed by atoms with Gasteiger partial charge in [0.2, 0.25) is 0 Å². The van der Waals surface area contributed by atoms with Gasteiger partial charge in [-0.1, -0.05) is 24.9 Å². The number of aryl methyl sites for hydroxylation is 1. The highest BCUT2D eigenvalue weighted by atomic mass is 35.5. The van der Waals surface area contributed by atoms with Gasteiger partial charge < -0.3 is 9.84 Å². The highest BCUT2D eigenvalue weighted by Gasteiger charge is 2.47. The van der Waals surface area contributed by atoms with E-state index in [4.69, 9.17) is 21.4 Å². The number of ether oxygens (including phenoxy) is 1. The molecule has 8 nitrogen and oxygen atoms in total. The molecule has 1 amide bonds. The number of hydrogen-bond acceptors (Lipinski definition) is 5. The summed E-state index contributed by atoms with van der Waals surface area (Å²) in [6.07, 6.45) is 2.38. The number of hydrogen-bond donors (Lipinski definition) is 1. The van der Waals surface area contributed by atoms with Gasteiger partial charge in [-0.3, -0.25) is 14.5 Å². The summed E-state index contributed by atoms with van der Waals surface area (Å²) < 4.78 is 49.3. The quantitative estimate of drug-likeness (QED) is 0.306. The summed E-state index contributed by atoms with van der Waals surface area (Å²) in [5.41, 5.74) is 1.22. The number of likely N-dealkylation sites (tertiary alicyclic amines) is 1. The predicted molar refractivity (Wildman–Crippen MR) is 146 cm³/mol. The van der Waals surface area contributed by atoms with Crippen LogP contribution in [0.5, 0.6) is 0 Å². The molecule has 2 fully saturated rings. The van der Waals surface area contributed by atoms with Gasteiger partial charge in [0.05, 0.1) is 17.8 Å². The van der Waals surface area contributed by atoms with Crippen molar-refractivity contribution in [3.63, 3.8) is 0 Å². The average Bonchev–Trinajstić information content (AvgIpc) is 3.42. The number of rotatable bonds is 9. The molecule has 2 saturated heterocycles. The van der Waals surface area contributed by atoms with Crippen LogP contribution in [0.3, 0.4) is 0 Å². The largest absolute Gasteiger partial charge is 0.478 e. The minimum absolute atomic E-state index is 0.00565. The van der Waals surface area contributed by atoms with Gasteiger partial charge in [0.1, 0.15) is 16.6 Å². The second kappa shape index (κ2) is 11.7. The summed E-state index contributed by atoms with van der Waals surface area (Å²) in [5.74, 6) is -4.26. The molecule has 1 aromatic heterocycles. The maximum Gasteiger partial charge on any atom is 0.415 e. The SMILES string of the molecule is CCCCn1nc(Cc2cc(F)c(F)cc2F)c(CN2CCC3(CC2)CN(c2ccc(C(=O)O)cc2)C(=O)O3)c1Cl. The smallest absolute Gasteiger partial charge is 0.415 e. The number of anilines is 1. The van der Waals surface area contributed by atoms with E-state index in [1.165, 1.54) is 17.0 Å². The van der Waals surface area contributed by atoms with E-state index >= 15 is 0 Å². The number of carbonyl (C=O) groups is 2. The first kappa shape index (κ1) is 28.9. The third kappa shape index (κ3) is 6.06. The van der Waals surface area contributed by atoms with Gasteiger partial charge >= 0.3 is 12.1 Å². The first-order chi connectivity index (χ1) is 19.6. The number of halogens is 4. The van der Waals surface area contributed by atoms with Crippen LogP contribution in [0.1, 0.15) is 59.8 Å². The zero-order valence-corrected chi connectivity index (χ0v) is 23.3. The van der Waals surface area contributed by atoms with E-state index in [1.54, 1.807) is 16.8 Å². The highest BCUT2D eigenvalue weighted by molar-refractivity contribution is 6.30. The van der Waals surface area contributed by atoms with E-state index in [1.807, 2.05) is 6.92 Å². The number of amides is 1. The number of unbranched alkanes of at least 4 members (excludes halogenated alkanes) is 1. The van der Waals surface area contributed by atoms with Crippen molar-refractivity contribution in [1.82, 2.24) is 14.7 Å². The van der Waals surface area contributed by atoms with Crippen molar-refractivity contribution >= 4 is 29.4 Å². The lowest BCUT2D eigenvalue weighted by atomic mass is 9.91. The maximum absolute atomic E-state index is 14.5. The van der Waals surface area contributed by atoms with Crippen LogP contribution in [0.15, 0.2) is 36.4 Å². The third-order valence-corrected chi connectivity index (χ3v) is 8.20. The molecule has 1 N–H and O–H groups in total. The van der Waals surface area contributed by atoms with Gasteiger partial charge in [0.25, 0.3) is 0 Å². The molecule has 5 rings (SSSR count). The van der Waals surface area contributed by atoms with Crippen LogP contribution in [-0.2, 0) is 24.2 Å². The second-order valence-corrected chi connectivity index (χ2v) is 11.0. The Kier molecular flexibility index (Phi) is 8.28. The molecule has 12 heteroatoms. The summed E-state index contributed by atoms with van der Waals surface area (Å²) in [7, 11) is 0. The zero-order chi connectivity index (χ0) is 29.3. The van der Waals surface area contributed by atoms with Gasteiger partial charge in [-0.05, 0) is 42.3 Å². The van der Waals surface area contributed by atoms with Crippen molar-refractivity contribution in [3.8, 4) is 0 Å². The van der Waals surface area contributed by atoms with Crippen LogP contribution < -0.4 is 4.90 Å². The van der Waals surface area contributed by atoms with Gasteiger partial charge in [-0.25, -0.2) is 22.8 Å². The molecule has 41 heavy (non-hydrogen) atoms. The Morgan fingerprint density at radius 1 is 1.10 bits per heavy atom. The Morgan fingerprint density at radius 3 is 2.44 bits per heavy atom. The van der Waals surface area contributed by atoms with Crippen LogP contribution in [0.25, 0.3) is 0 Å². The fraction of sp³-hybridized carbons (Fsp3) is 0.414. The van der Waals surface area contributed by atoms with E-state index in [-0.39, 0.29) is 17.5 Å². The van der Waals surface area contributed by atoms with Crippen LogP contribution in [-0.4, -0.2) is 57.1 Å². The Bertz CT molecular complexity index is 1460. The maximum atomic E-state index is 14.5. The molecule has 218 valence electrons. The Morgan fingerprint density at radius 2 is 1.78 bits per heavy atom. The van der Waals surface area contributed by atoms with Gasteiger partial charge in [-0.15, -0.1) is 0 Å². The number of aromatic carboxylic acids is 1. The molecule has 0 bridgehead atoms. The molecule has 3 aromatic rings. The van der Waals surface area contributed by atoms with Crippen molar-refractivity contribution in [2.45, 2.75) is 57.7 Å².